The van der Waals surface area contributed by atoms with E-state index in [4.69, 9.17) is 46.3 Å². The Morgan fingerprint density at radius 1 is 0.950 bits per heavy atom. The van der Waals surface area contributed by atoms with Crippen LogP contribution in [0.2, 0.25) is 10.0 Å². The Morgan fingerprint density at radius 3 is 2.00 bits per heavy atom. The summed E-state index contributed by atoms with van der Waals surface area (Å²) >= 11 is 16.6. The molecular formula is C14H13Cl3N2O. The predicted octanol–water partition coefficient (Wildman–Crippen LogP) is 4.27. The summed E-state index contributed by atoms with van der Waals surface area (Å²) in [6.07, 6.45) is 0. The number of hydrogen-bond acceptors (Lipinski definition) is 3. The fraction of sp³-hybridized carbons (Fsp3) is 0.0714. The van der Waals surface area contributed by atoms with Crippen LogP contribution in [0.25, 0.3) is 0 Å². The molecule has 0 aliphatic rings. The molecular weight excluding hydrogens is 319 g/mol. The Balaban J connectivity index is 0.000000217. The zero-order valence-corrected chi connectivity index (χ0v) is 12.7. The van der Waals surface area contributed by atoms with Crippen molar-refractivity contribution in [3.8, 4) is 0 Å². The number of hydrogen-bond donors (Lipinski definition) is 2. The van der Waals surface area contributed by atoms with E-state index >= 15 is 0 Å². The molecule has 106 valence electrons. The van der Waals surface area contributed by atoms with Gasteiger partial charge in [0, 0.05) is 27.0 Å². The summed E-state index contributed by atoms with van der Waals surface area (Å²) in [5, 5.41) is 1.21. The SMILES string of the molecule is Nc1ccc(Cl)cc1.Nc1ccc(Cl)cc1C(=O)CCl. The number of alkyl halides is 1. The molecule has 4 N–H and O–H groups in total. The lowest BCUT2D eigenvalue weighted by Gasteiger charge is -2.01. The largest absolute Gasteiger partial charge is 0.399 e. The highest BCUT2D eigenvalue weighted by Crippen LogP contribution is 2.18. The lowest BCUT2D eigenvalue weighted by atomic mass is 10.1. The van der Waals surface area contributed by atoms with Gasteiger partial charge in [0.15, 0.2) is 5.78 Å². The van der Waals surface area contributed by atoms with Gasteiger partial charge in [-0.3, -0.25) is 4.79 Å². The maximum atomic E-state index is 11.1. The maximum Gasteiger partial charge on any atom is 0.179 e. The predicted molar refractivity (Wildman–Crippen MR) is 86.8 cm³/mol. The summed E-state index contributed by atoms with van der Waals surface area (Å²) in [7, 11) is 0. The van der Waals surface area contributed by atoms with Crippen LogP contribution < -0.4 is 11.5 Å². The summed E-state index contributed by atoms with van der Waals surface area (Å²) in [5.41, 5.74) is 12.4. The van der Waals surface area contributed by atoms with Gasteiger partial charge in [-0.2, -0.15) is 0 Å². The van der Waals surface area contributed by atoms with Gasteiger partial charge >= 0.3 is 0 Å². The monoisotopic (exact) mass is 330 g/mol. The number of rotatable bonds is 2. The van der Waals surface area contributed by atoms with Gasteiger partial charge in [-0.15, -0.1) is 11.6 Å². The molecule has 0 atom stereocenters. The first kappa shape index (κ1) is 16.6. The second-order valence-electron chi connectivity index (χ2n) is 3.84. The molecule has 0 aliphatic heterocycles. The third-order valence-electron chi connectivity index (χ3n) is 2.31. The minimum atomic E-state index is -0.211. The van der Waals surface area contributed by atoms with E-state index in [0.29, 0.717) is 16.3 Å². The Morgan fingerprint density at radius 2 is 1.50 bits per heavy atom. The first-order valence-electron chi connectivity index (χ1n) is 5.59. The number of carbonyl (C=O) groups excluding carboxylic acids is 1. The topological polar surface area (TPSA) is 69.1 Å². The van der Waals surface area contributed by atoms with Crippen LogP contribution in [-0.2, 0) is 0 Å². The van der Waals surface area contributed by atoms with Gasteiger partial charge in [0.2, 0.25) is 0 Å². The van der Waals surface area contributed by atoms with Crippen LogP contribution >= 0.6 is 34.8 Å². The number of nitrogens with two attached hydrogens (primary N) is 2. The summed E-state index contributed by atoms with van der Waals surface area (Å²) in [5.74, 6) is -0.290. The molecule has 2 rings (SSSR count). The van der Waals surface area contributed by atoms with Crippen molar-refractivity contribution in [1.82, 2.24) is 0 Å². The highest BCUT2D eigenvalue weighted by molar-refractivity contribution is 6.33. The fourth-order valence-electron chi connectivity index (χ4n) is 1.30. The third kappa shape index (κ3) is 5.29. The number of anilines is 2. The van der Waals surface area contributed by atoms with E-state index in [-0.39, 0.29) is 11.7 Å². The molecule has 20 heavy (non-hydrogen) atoms. The third-order valence-corrected chi connectivity index (χ3v) is 3.04. The Labute approximate surface area is 132 Å². The molecule has 0 amide bonds. The Bertz CT molecular complexity index is 564. The van der Waals surface area contributed by atoms with Crippen LogP contribution in [0.1, 0.15) is 10.4 Å². The molecule has 0 heterocycles. The number of ketones is 1. The zero-order chi connectivity index (χ0) is 15.1. The molecule has 0 unspecified atom stereocenters. The van der Waals surface area contributed by atoms with Crippen molar-refractivity contribution in [3.05, 3.63) is 58.1 Å². The highest BCUT2D eigenvalue weighted by Gasteiger charge is 2.08. The maximum absolute atomic E-state index is 11.1. The first-order valence-corrected chi connectivity index (χ1v) is 6.88. The van der Waals surface area contributed by atoms with E-state index in [9.17, 15) is 4.79 Å². The average Bonchev–Trinajstić information content (AvgIpc) is 2.44. The number of halogens is 3. The van der Waals surface area contributed by atoms with Crippen LogP contribution in [0, 0.1) is 0 Å². The molecule has 0 spiro atoms. The number of nitrogen functional groups attached to an aromatic ring is 2. The standard InChI is InChI=1S/C8H7Cl2NO.C6H6ClN/c9-4-8(12)6-3-5(10)1-2-7(6)11;7-5-1-3-6(8)4-2-5/h1-3H,4,11H2;1-4H,8H2. The molecule has 0 radical (unpaired) electrons. The lowest BCUT2D eigenvalue weighted by Crippen LogP contribution is -2.04. The molecule has 0 saturated heterocycles. The molecule has 0 saturated carbocycles. The average molecular weight is 332 g/mol. The van der Waals surface area contributed by atoms with Crippen molar-refractivity contribution in [2.24, 2.45) is 0 Å². The van der Waals surface area contributed by atoms with Gasteiger partial charge in [0.1, 0.15) is 0 Å². The molecule has 2 aromatic rings. The molecule has 2 aromatic carbocycles. The number of Topliss-reactive ketones (excluding diaryl/α,β-unsaturated/α-hetero) is 1. The van der Waals surface area contributed by atoms with Gasteiger partial charge in [0.25, 0.3) is 0 Å². The van der Waals surface area contributed by atoms with Crippen molar-refractivity contribution in [2.75, 3.05) is 17.3 Å². The molecule has 3 nitrogen and oxygen atoms in total. The Kier molecular flexibility index (Phi) is 6.65. The molecule has 6 heteroatoms. The van der Waals surface area contributed by atoms with Crippen LogP contribution in [0.15, 0.2) is 42.5 Å². The van der Waals surface area contributed by atoms with Crippen LogP contribution in [0.3, 0.4) is 0 Å². The van der Waals surface area contributed by atoms with E-state index < -0.39 is 0 Å². The lowest BCUT2D eigenvalue weighted by molar-refractivity contribution is 0.102. The van der Waals surface area contributed by atoms with Gasteiger partial charge in [-0.25, -0.2) is 0 Å². The molecule has 0 fully saturated rings. The summed E-state index contributed by atoms with van der Waals surface area (Å²) in [4.78, 5) is 11.1. The number of carbonyl (C=O) groups is 1. The van der Waals surface area contributed by atoms with Crippen LogP contribution in [0.4, 0.5) is 11.4 Å². The van der Waals surface area contributed by atoms with Gasteiger partial charge < -0.3 is 11.5 Å². The van der Waals surface area contributed by atoms with Gasteiger partial charge in [-0.1, -0.05) is 23.2 Å². The van der Waals surface area contributed by atoms with E-state index in [2.05, 4.69) is 0 Å². The second kappa shape index (κ2) is 8.00. The van der Waals surface area contributed by atoms with Gasteiger partial charge in [0.05, 0.1) is 5.88 Å². The van der Waals surface area contributed by atoms with Crippen molar-refractivity contribution < 1.29 is 4.79 Å². The summed E-state index contributed by atoms with van der Waals surface area (Å²) in [6.45, 7) is 0. The number of benzene rings is 2. The minimum absolute atomic E-state index is 0.0788. The fourth-order valence-corrected chi connectivity index (χ4v) is 1.75. The quantitative estimate of drug-likeness (QED) is 0.490. The Hall–Kier alpha value is -1.42. The van der Waals surface area contributed by atoms with Crippen LogP contribution in [-0.4, -0.2) is 11.7 Å². The highest BCUT2D eigenvalue weighted by atomic mass is 35.5. The van der Waals surface area contributed by atoms with Crippen molar-refractivity contribution in [1.29, 1.82) is 0 Å². The van der Waals surface area contributed by atoms with Crippen molar-refractivity contribution in [2.45, 2.75) is 0 Å². The summed E-state index contributed by atoms with van der Waals surface area (Å²) < 4.78 is 0. The van der Waals surface area contributed by atoms with Crippen LogP contribution in [0.5, 0.6) is 0 Å². The van der Waals surface area contributed by atoms with E-state index in [0.717, 1.165) is 10.7 Å². The smallest absolute Gasteiger partial charge is 0.179 e. The summed E-state index contributed by atoms with van der Waals surface area (Å²) in [6, 6.07) is 11.8. The van der Waals surface area contributed by atoms with Crippen molar-refractivity contribution in [3.63, 3.8) is 0 Å². The minimum Gasteiger partial charge on any atom is -0.399 e. The van der Waals surface area contributed by atoms with E-state index in [1.165, 1.54) is 6.07 Å². The molecule has 0 aromatic heterocycles. The first-order chi connectivity index (χ1) is 9.43. The zero-order valence-electron chi connectivity index (χ0n) is 10.4. The van der Waals surface area contributed by atoms with E-state index in [1.807, 2.05) is 0 Å². The molecule has 0 aliphatic carbocycles. The van der Waals surface area contributed by atoms with E-state index in [1.54, 1.807) is 36.4 Å². The van der Waals surface area contributed by atoms with Crippen molar-refractivity contribution >= 4 is 52.0 Å². The normalized spacial score (nSPS) is 9.55. The molecule has 0 bridgehead atoms. The van der Waals surface area contributed by atoms with Gasteiger partial charge in [-0.05, 0) is 42.5 Å². The second-order valence-corrected chi connectivity index (χ2v) is 4.98.